The minimum Gasteiger partial charge on any atom is -0.304 e. The predicted octanol–water partition coefficient (Wildman–Crippen LogP) is 3.46. The maximum atomic E-state index is 3.61. The molecule has 0 fully saturated rings. The van der Waals surface area contributed by atoms with E-state index in [0.29, 0.717) is 0 Å². The van der Waals surface area contributed by atoms with E-state index >= 15 is 0 Å². The van der Waals surface area contributed by atoms with Crippen LogP contribution in [-0.4, -0.2) is 54.4 Å². The number of alkyl halides is 1. The van der Waals surface area contributed by atoms with Crippen molar-refractivity contribution in [2.45, 2.75) is 40.5 Å². The SMILES string of the molecule is CCC(CBr)CN(CC)CCCN(CC)CC. The van der Waals surface area contributed by atoms with E-state index in [1.165, 1.54) is 52.1 Å². The van der Waals surface area contributed by atoms with Crippen LogP contribution in [0.3, 0.4) is 0 Å². The second-order valence-electron chi connectivity index (χ2n) is 4.70. The minimum atomic E-state index is 0.809. The van der Waals surface area contributed by atoms with Crippen LogP contribution in [0, 0.1) is 5.92 Å². The molecule has 0 aliphatic carbocycles. The molecule has 3 heteroatoms. The molecular weight excluding hydrogens is 276 g/mol. The van der Waals surface area contributed by atoms with Gasteiger partial charge in [0.2, 0.25) is 0 Å². The first kappa shape index (κ1) is 17.4. The number of hydrogen-bond donors (Lipinski definition) is 0. The fourth-order valence-electron chi connectivity index (χ4n) is 2.09. The minimum absolute atomic E-state index is 0.809. The maximum Gasteiger partial charge on any atom is 0.00717 e. The molecule has 0 aromatic rings. The van der Waals surface area contributed by atoms with Gasteiger partial charge in [0, 0.05) is 11.9 Å². The van der Waals surface area contributed by atoms with Gasteiger partial charge in [0.25, 0.3) is 0 Å². The van der Waals surface area contributed by atoms with Gasteiger partial charge >= 0.3 is 0 Å². The molecule has 1 unspecified atom stereocenters. The molecule has 0 bridgehead atoms. The lowest BCUT2D eigenvalue weighted by atomic mass is 10.1. The average molecular weight is 307 g/mol. The Labute approximate surface area is 117 Å². The van der Waals surface area contributed by atoms with Gasteiger partial charge in [0.1, 0.15) is 0 Å². The summed E-state index contributed by atoms with van der Waals surface area (Å²) < 4.78 is 0. The Balaban J connectivity index is 3.81. The summed E-state index contributed by atoms with van der Waals surface area (Å²) in [4.78, 5) is 5.11. The van der Waals surface area contributed by atoms with Gasteiger partial charge in [-0.3, -0.25) is 0 Å². The Morgan fingerprint density at radius 1 is 0.882 bits per heavy atom. The highest BCUT2D eigenvalue weighted by atomic mass is 79.9. The van der Waals surface area contributed by atoms with Crippen LogP contribution in [0.2, 0.25) is 0 Å². The smallest absolute Gasteiger partial charge is 0.00717 e. The Morgan fingerprint density at radius 3 is 1.82 bits per heavy atom. The van der Waals surface area contributed by atoms with Gasteiger partial charge in [-0.15, -0.1) is 0 Å². The van der Waals surface area contributed by atoms with Crippen molar-refractivity contribution in [2.24, 2.45) is 5.92 Å². The highest BCUT2D eigenvalue weighted by Crippen LogP contribution is 2.09. The van der Waals surface area contributed by atoms with E-state index in [-0.39, 0.29) is 0 Å². The molecule has 0 amide bonds. The van der Waals surface area contributed by atoms with E-state index in [4.69, 9.17) is 0 Å². The fourth-order valence-corrected chi connectivity index (χ4v) is 2.75. The number of hydrogen-bond acceptors (Lipinski definition) is 2. The first-order chi connectivity index (χ1) is 8.21. The molecule has 0 radical (unpaired) electrons. The highest BCUT2D eigenvalue weighted by molar-refractivity contribution is 9.09. The van der Waals surface area contributed by atoms with E-state index in [2.05, 4.69) is 53.4 Å². The summed E-state index contributed by atoms with van der Waals surface area (Å²) in [6, 6.07) is 0. The van der Waals surface area contributed by atoms with Crippen LogP contribution in [-0.2, 0) is 0 Å². The summed E-state index contributed by atoms with van der Waals surface area (Å²) in [6.45, 7) is 16.3. The zero-order chi connectivity index (χ0) is 13.1. The molecule has 2 nitrogen and oxygen atoms in total. The second kappa shape index (κ2) is 11.5. The summed E-state index contributed by atoms with van der Waals surface area (Å²) in [5, 5.41) is 1.13. The van der Waals surface area contributed by atoms with E-state index < -0.39 is 0 Å². The maximum absolute atomic E-state index is 3.61. The normalized spacial score (nSPS) is 13.6. The number of nitrogens with zero attached hydrogens (tertiary/aromatic N) is 2. The van der Waals surface area contributed by atoms with Gasteiger partial charge in [-0.2, -0.15) is 0 Å². The summed E-state index contributed by atoms with van der Waals surface area (Å²) >= 11 is 3.61. The van der Waals surface area contributed by atoms with Crippen molar-refractivity contribution in [3.05, 3.63) is 0 Å². The van der Waals surface area contributed by atoms with Crippen molar-refractivity contribution in [3.63, 3.8) is 0 Å². The quantitative estimate of drug-likeness (QED) is 0.539. The monoisotopic (exact) mass is 306 g/mol. The fraction of sp³-hybridized carbons (Fsp3) is 1.00. The summed E-state index contributed by atoms with van der Waals surface area (Å²) in [5.41, 5.74) is 0. The van der Waals surface area contributed by atoms with Crippen LogP contribution in [0.1, 0.15) is 40.5 Å². The van der Waals surface area contributed by atoms with Crippen molar-refractivity contribution >= 4 is 15.9 Å². The lowest BCUT2D eigenvalue weighted by Crippen LogP contribution is -2.33. The first-order valence-corrected chi connectivity index (χ1v) is 8.34. The van der Waals surface area contributed by atoms with Crippen LogP contribution in [0.25, 0.3) is 0 Å². The topological polar surface area (TPSA) is 6.48 Å². The van der Waals surface area contributed by atoms with E-state index in [9.17, 15) is 0 Å². The molecule has 0 heterocycles. The third-order valence-corrected chi connectivity index (χ3v) is 4.52. The molecule has 0 saturated heterocycles. The zero-order valence-corrected chi connectivity index (χ0v) is 13.8. The van der Waals surface area contributed by atoms with Gasteiger partial charge < -0.3 is 9.80 Å². The van der Waals surface area contributed by atoms with Gasteiger partial charge in [-0.05, 0) is 45.1 Å². The van der Waals surface area contributed by atoms with Crippen molar-refractivity contribution in [1.29, 1.82) is 0 Å². The third kappa shape index (κ3) is 8.17. The highest BCUT2D eigenvalue weighted by Gasteiger charge is 2.10. The Morgan fingerprint density at radius 2 is 1.41 bits per heavy atom. The number of rotatable bonds is 11. The molecule has 0 aliphatic rings. The Bertz CT molecular complexity index is 156. The van der Waals surface area contributed by atoms with Crippen LogP contribution >= 0.6 is 15.9 Å². The third-order valence-electron chi connectivity index (χ3n) is 3.60. The van der Waals surface area contributed by atoms with Crippen molar-refractivity contribution < 1.29 is 0 Å². The molecule has 0 saturated carbocycles. The molecule has 1 atom stereocenters. The van der Waals surface area contributed by atoms with Gasteiger partial charge in [-0.25, -0.2) is 0 Å². The summed E-state index contributed by atoms with van der Waals surface area (Å²) in [5.74, 6) is 0.809. The predicted molar refractivity (Wildman–Crippen MR) is 82.1 cm³/mol. The second-order valence-corrected chi connectivity index (χ2v) is 5.35. The Kier molecular flexibility index (Phi) is 11.8. The molecule has 0 spiro atoms. The lowest BCUT2D eigenvalue weighted by Gasteiger charge is -2.26. The number of halogens is 1. The molecule has 17 heavy (non-hydrogen) atoms. The molecule has 0 N–H and O–H groups in total. The van der Waals surface area contributed by atoms with Crippen LogP contribution in [0.15, 0.2) is 0 Å². The van der Waals surface area contributed by atoms with Crippen molar-refractivity contribution in [3.8, 4) is 0 Å². The van der Waals surface area contributed by atoms with E-state index in [1.807, 2.05) is 0 Å². The van der Waals surface area contributed by atoms with Crippen molar-refractivity contribution in [1.82, 2.24) is 9.80 Å². The Hall–Kier alpha value is 0.400. The van der Waals surface area contributed by atoms with Gasteiger partial charge in [0.05, 0.1) is 0 Å². The lowest BCUT2D eigenvalue weighted by molar-refractivity contribution is 0.221. The molecule has 0 rings (SSSR count). The molecule has 0 aromatic carbocycles. The standard InChI is InChI=1S/C14H31BrN2/c1-5-14(12-15)13-17(8-4)11-9-10-16(6-2)7-3/h14H,5-13H2,1-4H3. The van der Waals surface area contributed by atoms with E-state index in [0.717, 1.165) is 11.2 Å². The molecular formula is C14H31BrN2. The van der Waals surface area contributed by atoms with Crippen LogP contribution in [0.4, 0.5) is 0 Å². The largest absolute Gasteiger partial charge is 0.304 e. The van der Waals surface area contributed by atoms with E-state index in [1.54, 1.807) is 0 Å². The van der Waals surface area contributed by atoms with Crippen LogP contribution < -0.4 is 0 Å². The van der Waals surface area contributed by atoms with Crippen LogP contribution in [0.5, 0.6) is 0 Å². The zero-order valence-electron chi connectivity index (χ0n) is 12.2. The first-order valence-electron chi connectivity index (χ1n) is 7.22. The van der Waals surface area contributed by atoms with Gasteiger partial charge in [0.15, 0.2) is 0 Å². The molecule has 0 aliphatic heterocycles. The van der Waals surface area contributed by atoms with Gasteiger partial charge in [-0.1, -0.05) is 50.0 Å². The summed E-state index contributed by atoms with van der Waals surface area (Å²) in [7, 11) is 0. The molecule has 0 aromatic heterocycles. The molecule has 104 valence electrons. The summed E-state index contributed by atoms with van der Waals surface area (Å²) in [6.07, 6.45) is 2.58. The average Bonchev–Trinajstić information content (AvgIpc) is 2.38. The van der Waals surface area contributed by atoms with Crippen molar-refractivity contribution in [2.75, 3.05) is 44.6 Å².